The van der Waals surface area contributed by atoms with Gasteiger partial charge in [0.2, 0.25) is 5.91 Å². The Labute approximate surface area is 128 Å². The lowest BCUT2D eigenvalue weighted by Gasteiger charge is -2.32. The molecule has 1 aliphatic rings. The maximum Gasteiger partial charge on any atom is 0.224 e. The van der Waals surface area contributed by atoms with Crippen LogP contribution < -0.4 is 16.0 Å². The summed E-state index contributed by atoms with van der Waals surface area (Å²) in [5, 5.41) is 5.27. The molecule has 2 heterocycles. The molecule has 1 unspecified atom stereocenters. The van der Waals surface area contributed by atoms with Crippen molar-refractivity contribution in [1.29, 1.82) is 0 Å². The molecule has 6 heteroatoms. The molecule has 2 aromatic rings. The molecule has 5 nitrogen and oxygen atoms in total. The topological polar surface area (TPSA) is 71.2 Å². The van der Waals surface area contributed by atoms with Crippen LogP contribution in [0.4, 0.5) is 5.00 Å². The third-order valence-corrected chi connectivity index (χ3v) is 4.83. The highest BCUT2D eigenvalue weighted by Gasteiger charge is 2.27. The molecule has 3 rings (SSSR count). The summed E-state index contributed by atoms with van der Waals surface area (Å²) in [7, 11) is 0. The van der Waals surface area contributed by atoms with Gasteiger partial charge in [-0.1, -0.05) is 12.1 Å². The predicted octanol–water partition coefficient (Wildman–Crippen LogP) is 1.59. The molecule has 0 aliphatic carbocycles. The van der Waals surface area contributed by atoms with E-state index in [-0.39, 0.29) is 11.8 Å². The first-order valence-corrected chi connectivity index (χ1v) is 8.14. The standard InChI is InChI=1S/C15H20N4OS/c16-7-8-17-14(20)11-4-3-9-19(10-11)15-12-5-1-2-6-13(12)18-21-15/h1-2,5-6,11H,3-4,7-10,16H2,(H,17,20). The van der Waals surface area contributed by atoms with Crippen molar-refractivity contribution in [2.24, 2.45) is 11.7 Å². The molecular formula is C15H20N4OS. The van der Waals surface area contributed by atoms with E-state index >= 15 is 0 Å². The van der Waals surface area contributed by atoms with Gasteiger partial charge in [0.25, 0.3) is 0 Å². The zero-order valence-electron chi connectivity index (χ0n) is 11.9. The molecule has 1 aromatic heterocycles. The molecule has 0 bridgehead atoms. The SMILES string of the molecule is NCCNC(=O)C1CCCN(c2snc3ccccc23)C1. The van der Waals surface area contributed by atoms with Crippen molar-refractivity contribution in [3.05, 3.63) is 24.3 Å². The predicted molar refractivity (Wildman–Crippen MR) is 86.6 cm³/mol. The van der Waals surface area contributed by atoms with Crippen LogP contribution >= 0.6 is 11.5 Å². The van der Waals surface area contributed by atoms with Gasteiger partial charge in [0.1, 0.15) is 5.00 Å². The Bertz CT molecular complexity index is 627. The molecule has 1 amide bonds. The molecule has 1 aliphatic heterocycles. The summed E-state index contributed by atoms with van der Waals surface area (Å²) >= 11 is 1.53. The number of anilines is 1. The number of carbonyl (C=O) groups excluding carboxylic acids is 1. The lowest BCUT2D eigenvalue weighted by Crippen LogP contribution is -2.44. The van der Waals surface area contributed by atoms with Gasteiger partial charge in [0.05, 0.1) is 11.4 Å². The monoisotopic (exact) mass is 304 g/mol. The van der Waals surface area contributed by atoms with Crippen LogP contribution in [0.1, 0.15) is 12.8 Å². The van der Waals surface area contributed by atoms with Crippen molar-refractivity contribution in [3.63, 3.8) is 0 Å². The van der Waals surface area contributed by atoms with Crippen LogP contribution in [-0.2, 0) is 4.79 Å². The molecule has 0 saturated carbocycles. The quantitative estimate of drug-likeness (QED) is 0.900. The number of benzene rings is 1. The number of carbonyl (C=O) groups is 1. The lowest BCUT2D eigenvalue weighted by molar-refractivity contribution is -0.125. The van der Waals surface area contributed by atoms with Crippen molar-refractivity contribution < 1.29 is 4.79 Å². The Morgan fingerprint density at radius 1 is 1.48 bits per heavy atom. The summed E-state index contributed by atoms with van der Waals surface area (Å²) < 4.78 is 4.50. The molecule has 1 atom stereocenters. The average molecular weight is 304 g/mol. The van der Waals surface area contributed by atoms with E-state index in [1.807, 2.05) is 18.2 Å². The van der Waals surface area contributed by atoms with Gasteiger partial charge in [-0.2, -0.15) is 4.37 Å². The van der Waals surface area contributed by atoms with Gasteiger partial charge < -0.3 is 16.0 Å². The summed E-state index contributed by atoms with van der Waals surface area (Å²) in [4.78, 5) is 14.4. The van der Waals surface area contributed by atoms with Crippen LogP contribution in [0.2, 0.25) is 0 Å². The summed E-state index contributed by atoms with van der Waals surface area (Å²) in [6.07, 6.45) is 1.98. The first-order chi connectivity index (χ1) is 10.3. The fourth-order valence-corrected chi connectivity index (χ4v) is 3.72. The maximum absolute atomic E-state index is 12.1. The summed E-state index contributed by atoms with van der Waals surface area (Å²) in [5.41, 5.74) is 6.48. The normalized spacial score (nSPS) is 18.9. The van der Waals surface area contributed by atoms with Crippen LogP contribution in [0.15, 0.2) is 24.3 Å². The van der Waals surface area contributed by atoms with Crippen LogP contribution in [0.5, 0.6) is 0 Å². The van der Waals surface area contributed by atoms with Gasteiger partial charge in [-0.25, -0.2) is 0 Å². The van der Waals surface area contributed by atoms with Crippen molar-refractivity contribution in [3.8, 4) is 0 Å². The highest BCUT2D eigenvalue weighted by Crippen LogP contribution is 2.33. The smallest absolute Gasteiger partial charge is 0.224 e. The van der Waals surface area contributed by atoms with Crippen molar-refractivity contribution in [2.45, 2.75) is 12.8 Å². The number of hydrogen-bond acceptors (Lipinski definition) is 5. The highest BCUT2D eigenvalue weighted by molar-refractivity contribution is 7.11. The lowest BCUT2D eigenvalue weighted by atomic mass is 9.97. The van der Waals surface area contributed by atoms with Crippen LogP contribution in [0.3, 0.4) is 0 Å². The average Bonchev–Trinajstić information content (AvgIpc) is 2.97. The number of rotatable bonds is 4. The van der Waals surface area contributed by atoms with Crippen LogP contribution in [0, 0.1) is 5.92 Å². The number of aromatic nitrogens is 1. The second-order valence-corrected chi connectivity index (χ2v) is 6.12. The van der Waals surface area contributed by atoms with E-state index < -0.39 is 0 Å². The van der Waals surface area contributed by atoms with E-state index in [1.165, 1.54) is 21.9 Å². The Morgan fingerprint density at radius 3 is 3.19 bits per heavy atom. The summed E-state index contributed by atoms with van der Waals surface area (Å²) in [6, 6.07) is 8.18. The minimum atomic E-state index is 0.0474. The van der Waals surface area contributed by atoms with Gasteiger partial charge >= 0.3 is 0 Å². The molecule has 3 N–H and O–H groups in total. The Kier molecular flexibility index (Phi) is 4.36. The molecule has 112 valence electrons. The third-order valence-electron chi connectivity index (χ3n) is 3.89. The number of nitrogens with zero attached hydrogens (tertiary/aromatic N) is 2. The molecule has 0 spiro atoms. The van der Waals surface area contributed by atoms with E-state index in [4.69, 9.17) is 5.73 Å². The molecule has 1 aromatic carbocycles. The third kappa shape index (κ3) is 3.01. The Morgan fingerprint density at radius 2 is 2.33 bits per heavy atom. The van der Waals surface area contributed by atoms with E-state index in [0.29, 0.717) is 13.1 Å². The fraction of sp³-hybridized carbons (Fsp3) is 0.467. The van der Waals surface area contributed by atoms with Gasteiger partial charge in [0.15, 0.2) is 0 Å². The number of piperidine rings is 1. The second-order valence-electron chi connectivity index (χ2n) is 5.37. The van der Waals surface area contributed by atoms with E-state index in [9.17, 15) is 4.79 Å². The van der Waals surface area contributed by atoms with Crippen molar-refractivity contribution in [2.75, 3.05) is 31.1 Å². The number of amides is 1. The number of fused-ring (bicyclic) bond motifs is 1. The van der Waals surface area contributed by atoms with Gasteiger partial charge in [0, 0.05) is 31.6 Å². The zero-order valence-corrected chi connectivity index (χ0v) is 12.7. The van der Waals surface area contributed by atoms with E-state index in [0.717, 1.165) is 31.4 Å². The van der Waals surface area contributed by atoms with Gasteiger partial charge in [-0.15, -0.1) is 0 Å². The van der Waals surface area contributed by atoms with Crippen molar-refractivity contribution in [1.82, 2.24) is 9.69 Å². The molecule has 1 saturated heterocycles. The van der Waals surface area contributed by atoms with Crippen molar-refractivity contribution >= 4 is 33.3 Å². The maximum atomic E-state index is 12.1. The van der Waals surface area contributed by atoms with Gasteiger partial charge in [-0.3, -0.25) is 4.79 Å². The molecular weight excluding hydrogens is 284 g/mol. The molecule has 1 fully saturated rings. The zero-order chi connectivity index (χ0) is 14.7. The summed E-state index contributed by atoms with van der Waals surface area (Å²) in [5.74, 6) is 0.171. The van der Waals surface area contributed by atoms with Crippen LogP contribution in [-0.4, -0.2) is 36.5 Å². The number of nitrogens with one attached hydrogen (secondary N) is 1. The van der Waals surface area contributed by atoms with Crippen LogP contribution in [0.25, 0.3) is 10.9 Å². The molecule has 21 heavy (non-hydrogen) atoms. The second kappa shape index (κ2) is 6.41. The first kappa shape index (κ1) is 14.3. The van der Waals surface area contributed by atoms with Gasteiger partial charge in [-0.05, 0) is 36.5 Å². The molecule has 0 radical (unpaired) electrons. The minimum absolute atomic E-state index is 0.0474. The first-order valence-electron chi connectivity index (χ1n) is 7.36. The summed E-state index contributed by atoms with van der Waals surface area (Å²) in [6.45, 7) is 2.80. The largest absolute Gasteiger partial charge is 0.361 e. The fourth-order valence-electron chi connectivity index (χ4n) is 2.82. The number of hydrogen-bond donors (Lipinski definition) is 2. The number of nitrogens with two attached hydrogens (primary N) is 1. The van der Waals surface area contributed by atoms with E-state index in [1.54, 1.807) is 0 Å². The van der Waals surface area contributed by atoms with E-state index in [2.05, 4.69) is 20.7 Å². The minimum Gasteiger partial charge on any atom is -0.361 e. The Hall–Kier alpha value is -1.66. The Balaban J connectivity index is 1.75. The highest BCUT2D eigenvalue weighted by atomic mass is 32.1.